The van der Waals surface area contributed by atoms with Crippen LogP contribution in [0.5, 0.6) is 0 Å². The van der Waals surface area contributed by atoms with Crippen LogP contribution >= 0.6 is 31.9 Å². The van der Waals surface area contributed by atoms with Gasteiger partial charge in [0.15, 0.2) is 0 Å². The number of carbonyl (C=O) groups excluding carboxylic acids is 2. The van der Waals surface area contributed by atoms with E-state index in [9.17, 15) is 18.0 Å². The number of hydrogen-bond acceptors (Lipinski definition) is 4. The molecule has 4 rings (SSSR count). The summed E-state index contributed by atoms with van der Waals surface area (Å²) in [5.74, 6) is -0.639. The maximum atomic E-state index is 13.4. The summed E-state index contributed by atoms with van der Waals surface area (Å²) in [6.45, 7) is 6.91. The number of nitrogens with zero attached hydrogens (tertiary/aromatic N) is 2. The molecule has 0 radical (unpaired) electrons. The van der Waals surface area contributed by atoms with Crippen LogP contribution in [0, 0.1) is 13.8 Å². The van der Waals surface area contributed by atoms with Crippen LogP contribution in [0.15, 0.2) is 44.2 Å². The van der Waals surface area contributed by atoms with Crippen molar-refractivity contribution in [2.24, 2.45) is 0 Å². The molecule has 2 fully saturated rings. The van der Waals surface area contributed by atoms with E-state index in [0.717, 1.165) is 47.0 Å². The lowest BCUT2D eigenvalue weighted by Crippen LogP contribution is -2.52. The average molecular weight is 641 g/mol. The summed E-state index contributed by atoms with van der Waals surface area (Å²) in [4.78, 5) is 28.6. The Labute approximate surface area is 229 Å². The lowest BCUT2D eigenvalue weighted by Gasteiger charge is -2.34. The predicted molar refractivity (Wildman–Crippen MR) is 148 cm³/mol. The third kappa shape index (κ3) is 5.42. The number of piperidine rings is 2. The largest absolute Gasteiger partial charge is 0.340 e. The lowest BCUT2D eigenvalue weighted by molar-refractivity contribution is -0.121. The molecule has 0 saturated carbocycles. The number of sulfonamides is 1. The van der Waals surface area contributed by atoms with Crippen molar-refractivity contribution in [2.45, 2.75) is 69.9 Å². The molecule has 2 aromatic carbocycles. The van der Waals surface area contributed by atoms with Crippen molar-refractivity contribution in [3.8, 4) is 0 Å². The van der Waals surface area contributed by atoms with E-state index in [1.165, 1.54) is 16.4 Å². The second-order valence-corrected chi connectivity index (χ2v) is 13.3. The van der Waals surface area contributed by atoms with Gasteiger partial charge in [-0.15, -0.1) is 0 Å². The molecule has 2 saturated heterocycles. The summed E-state index contributed by atoms with van der Waals surface area (Å²) in [6.07, 6.45) is 3.92. The summed E-state index contributed by atoms with van der Waals surface area (Å²) < 4.78 is 29.6. The van der Waals surface area contributed by atoms with E-state index < -0.39 is 22.0 Å². The minimum absolute atomic E-state index is 0.0824. The summed E-state index contributed by atoms with van der Waals surface area (Å²) in [5.41, 5.74) is 3.03. The van der Waals surface area contributed by atoms with Crippen molar-refractivity contribution in [2.75, 3.05) is 18.0 Å². The van der Waals surface area contributed by atoms with E-state index in [0.29, 0.717) is 24.0 Å². The number of hydrogen-bond donors (Lipinski definition) is 1. The van der Waals surface area contributed by atoms with Crippen molar-refractivity contribution in [3.05, 3.63) is 56.0 Å². The van der Waals surface area contributed by atoms with Gasteiger partial charge in [-0.25, -0.2) is 8.42 Å². The molecule has 2 unspecified atom stereocenters. The van der Waals surface area contributed by atoms with Crippen LogP contribution in [0.25, 0.3) is 0 Å². The summed E-state index contributed by atoms with van der Waals surface area (Å²) in [7, 11) is -3.73. The second-order valence-electron chi connectivity index (χ2n) is 9.65. The first kappa shape index (κ1) is 27.3. The minimum Gasteiger partial charge on any atom is -0.340 e. The van der Waals surface area contributed by atoms with Gasteiger partial charge in [0.05, 0.1) is 10.5 Å². The Morgan fingerprint density at radius 2 is 1.69 bits per heavy atom. The molecule has 2 aromatic rings. The first-order valence-electron chi connectivity index (χ1n) is 12.2. The topological polar surface area (TPSA) is 86.8 Å². The fourth-order valence-corrected chi connectivity index (χ4v) is 8.04. The molecular weight excluding hydrogens is 610 g/mol. The summed E-state index contributed by atoms with van der Waals surface area (Å²) in [5, 5.41) is 2.86. The minimum atomic E-state index is -3.73. The normalized spacial score (nSPS) is 21.5. The number of amides is 2. The van der Waals surface area contributed by atoms with Gasteiger partial charge in [-0.1, -0.05) is 22.4 Å². The summed E-state index contributed by atoms with van der Waals surface area (Å²) >= 11 is 6.89. The second kappa shape index (κ2) is 10.9. The predicted octanol–water partition coefficient (Wildman–Crippen LogP) is 5.32. The Hall–Kier alpha value is -1.75. The first-order valence-corrected chi connectivity index (χ1v) is 15.2. The average Bonchev–Trinajstić information content (AvgIpc) is 2.81. The fourth-order valence-electron chi connectivity index (χ4n) is 5.20. The standard InChI is InChI=1S/C26H31Br2N3O4S/c1-16-13-19(27)14-17(2)24(16)30-11-6-8-23(26(30)33)29-25(32)21-15-20(9-10-22(21)28)36(34,35)31-12-5-4-7-18(31)3/h9-10,13-15,18,23H,4-8,11-12H2,1-3H3,(H,29,32). The first-order chi connectivity index (χ1) is 17.0. The van der Waals surface area contributed by atoms with E-state index >= 15 is 0 Å². The van der Waals surface area contributed by atoms with Crippen molar-refractivity contribution in [3.63, 3.8) is 0 Å². The zero-order valence-electron chi connectivity index (χ0n) is 20.7. The number of rotatable bonds is 5. The van der Waals surface area contributed by atoms with Crippen LogP contribution < -0.4 is 10.2 Å². The monoisotopic (exact) mass is 639 g/mol. The Balaban J connectivity index is 1.57. The molecule has 0 aromatic heterocycles. The molecule has 0 spiro atoms. The van der Waals surface area contributed by atoms with E-state index in [1.54, 1.807) is 11.0 Å². The zero-order chi connectivity index (χ0) is 26.2. The Morgan fingerprint density at radius 3 is 2.36 bits per heavy atom. The molecule has 7 nitrogen and oxygen atoms in total. The molecule has 2 aliphatic rings. The number of carbonyl (C=O) groups is 2. The molecule has 2 heterocycles. The van der Waals surface area contributed by atoms with Crippen LogP contribution in [-0.4, -0.2) is 49.7 Å². The molecule has 2 aliphatic heterocycles. The Morgan fingerprint density at radius 1 is 1.00 bits per heavy atom. The third-order valence-corrected chi connectivity index (χ3v) is 10.2. The Kier molecular flexibility index (Phi) is 8.29. The highest BCUT2D eigenvalue weighted by Gasteiger charge is 2.34. The van der Waals surface area contributed by atoms with Gasteiger partial charge < -0.3 is 10.2 Å². The highest BCUT2D eigenvalue weighted by atomic mass is 79.9. The van der Waals surface area contributed by atoms with Crippen molar-refractivity contribution in [1.82, 2.24) is 9.62 Å². The number of halogens is 2. The van der Waals surface area contributed by atoms with E-state index in [-0.39, 0.29) is 22.4 Å². The molecule has 2 atom stereocenters. The van der Waals surface area contributed by atoms with Crippen molar-refractivity contribution in [1.29, 1.82) is 0 Å². The fraction of sp³-hybridized carbons (Fsp3) is 0.462. The number of benzene rings is 2. The maximum absolute atomic E-state index is 13.4. The zero-order valence-corrected chi connectivity index (χ0v) is 24.7. The SMILES string of the molecule is Cc1cc(Br)cc(C)c1N1CCCC(NC(=O)c2cc(S(=O)(=O)N3CCCCC3C)ccc2Br)C1=O. The quantitative estimate of drug-likeness (QED) is 0.480. The van der Waals surface area contributed by atoms with E-state index in [4.69, 9.17) is 0 Å². The van der Waals surface area contributed by atoms with Crippen LogP contribution in [-0.2, 0) is 14.8 Å². The van der Waals surface area contributed by atoms with Gasteiger partial charge in [0.1, 0.15) is 6.04 Å². The van der Waals surface area contributed by atoms with Gasteiger partial charge in [0.2, 0.25) is 15.9 Å². The highest BCUT2D eigenvalue weighted by molar-refractivity contribution is 9.10. The van der Waals surface area contributed by atoms with Gasteiger partial charge in [0.25, 0.3) is 5.91 Å². The number of anilines is 1. The van der Waals surface area contributed by atoms with Gasteiger partial charge in [0, 0.05) is 33.8 Å². The van der Waals surface area contributed by atoms with E-state index in [2.05, 4.69) is 37.2 Å². The number of aryl methyl sites for hydroxylation is 2. The van der Waals surface area contributed by atoms with Crippen LogP contribution in [0.2, 0.25) is 0 Å². The molecule has 0 aliphatic carbocycles. The smallest absolute Gasteiger partial charge is 0.253 e. The lowest BCUT2D eigenvalue weighted by atomic mass is 10.00. The van der Waals surface area contributed by atoms with Crippen LogP contribution in [0.3, 0.4) is 0 Å². The van der Waals surface area contributed by atoms with Crippen LogP contribution in [0.4, 0.5) is 5.69 Å². The van der Waals surface area contributed by atoms with Crippen LogP contribution in [0.1, 0.15) is 60.5 Å². The van der Waals surface area contributed by atoms with Gasteiger partial charge in [-0.05, 0) is 104 Å². The molecule has 0 bridgehead atoms. The number of nitrogens with one attached hydrogen (secondary N) is 1. The van der Waals surface area contributed by atoms with Gasteiger partial charge in [-0.3, -0.25) is 9.59 Å². The van der Waals surface area contributed by atoms with Gasteiger partial charge in [-0.2, -0.15) is 4.31 Å². The molecular formula is C26H31Br2N3O4S. The molecule has 36 heavy (non-hydrogen) atoms. The molecule has 1 N–H and O–H groups in total. The van der Waals surface area contributed by atoms with Gasteiger partial charge >= 0.3 is 0 Å². The van der Waals surface area contributed by atoms with E-state index in [1.807, 2.05) is 32.9 Å². The molecule has 10 heteroatoms. The third-order valence-electron chi connectivity index (χ3n) is 7.00. The van der Waals surface area contributed by atoms with Crippen molar-refractivity contribution >= 4 is 59.4 Å². The molecule has 2 amide bonds. The maximum Gasteiger partial charge on any atom is 0.253 e. The molecule has 194 valence electrons. The Bertz CT molecular complexity index is 1280. The summed E-state index contributed by atoms with van der Waals surface area (Å²) in [6, 6.07) is 7.69. The highest BCUT2D eigenvalue weighted by Crippen LogP contribution is 2.32. The van der Waals surface area contributed by atoms with Crippen molar-refractivity contribution < 1.29 is 18.0 Å².